The molecule has 0 aromatic heterocycles. The normalized spacial score (nSPS) is 43.6. The molecule has 1 heterocycles. The van der Waals surface area contributed by atoms with Gasteiger partial charge in [-0.3, -0.25) is 9.59 Å². The summed E-state index contributed by atoms with van der Waals surface area (Å²) in [5.74, 6) is -0.348. The molecule has 0 radical (unpaired) electrons. The maximum atomic E-state index is 12.6. The molecular weight excluding hydrogens is 348 g/mol. The number of ketones is 1. The van der Waals surface area contributed by atoms with E-state index in [9.17, 15) is 14.4 Å². The van der Waals surface area contributed by atoms with E-state index in [1.54, 1.807) is 6.92 Å². The smallest absolute Gasteiger partial charge is 0.341 e. The maximum Gasteiger partial charge on any atom is 0.341 e. The zero-order valence-corrected chi connectivity index (χ0v) is 17.1. The second-order valence-corrected chi connectivity index (χ2v) is 9.19. The fraction of sp³-hybridized carbons (Fsp3) is 0.762. The highest BCUT2D eigenvalue weighted by atomic mass is 16.7. The predicted octanol–water partition coefficient (Wildman–Crippen LogP) is 3.12. The SMILES string of the molecule is CC(C)=C1C[C@@H]2[C@](C)(CC[C@@H](OC(=O)[C@@]3(C)O[C@@H]3C)[C@@]2(C)OC=O)CC1=O. The van der Waals surface area contributed by atoms with Gasteiger partial charge in [-0.2, -0.15) is 0 Å². The third-order valence-corrected chi connectivity index (χ3v) is 7.16. The second kappa shape index (κ2) is 6.43. The highest BCUT2D eigenvalue weighted by Crippen LogP contribution is 2.56. The lowest BCUT2D eigenvalue weighted by Gasteiger charge is -2.55. The number of carbonyl (C=O) groups is 3. The summed E-state index contributed by atoms with van der Waals surface area (Å²) in [5.41, 5.74) is -0.403. The third kappa shape index (κ3) is 3.12. The highest BCUT2D eigenvalue weighted by Gasteiger charge is 2.62. The molecule has 6 nitrogen and oxygen atoms in total. The Morgan fingerprint density at radius 2 is 1.89 bits per heavy atom. The van der Waals surface area contributed by atoms with Gasteiger partial charge in [-0.15, -0.1) is 0 Å². The summed E-state index contributed by atoms with van der Waals surface area (Å²) in [7, 11) is 0. The fourth-order valence-electron chi connectivity index (χ4n) is 5.00. The number of epoxide rings is 1. The van der Waals surface area contributed by atoms with Crippen LogP contribution in [0.3, 0.4) is 0 Å². The topological polar surface area (TPSA) is 82.2 Å². The van der Waals surface area contributed by atoms with E-state index < -0.39 is 23.3 Å². The van der Waals surface area contributed by atoms with Crippen LogP contribution < -0.4 is 0 Å². The van der Waals surface area contributed by atoms with Crippen molar-refractivity contribution in [1.29, 1.82) is 0 Å². The Morgan fingerprint density at radius 1 is 1.26 bits per heavy atom. The van der Waals surface area contributed by atoms with Gasteiger partial charge in [0.15, 0.2) is 11.4 Å². The molecule has 0 aromatic rings. The highest BCUT2D eigenvalue weighted by molar-refractivity contribution is 5.97. The summed E-state index contributed by atoms with van der Waals surface area (Å²) in [6, 6.07) is 0. The van der Waals surface area contributed by atoms with Crippen LogP contribution in [0.5, 0.6) is 0 Å². The molecular formula is C21H30O6. The number of allylic oxidation sites excluding steroid dienone is 2. The Balaban J connectivity index is 1.92. The molecule has 2 saturated carbocycles. The van der Waals surface area contributed by atoms with Crippen molar-refractivity contribution >= 4 is 18.2 Å². The summed E-state index contributed by atoms with van der Waals surface area (Å²) in [4.78, 5) is 36.6. The van der Waals surface area contributed by atoms with Crippen LogP contribution in [0.25, 0.3) is 0 Å². The van der Waals surface area contributed by atoms with Crippen molar-refractivity contribution in [2.45, 2.75) is 90.6 Å². The quantitative estimate of drug-likeness (QED) is 0.323. The molecule has 27 heavy (non-hydrogen) atoms. The number of fused-ring (bicyclic) bond motifs is 1. The first kappa shape index (κ1) is 20.1. The molecule has 150 valence electrons. The number of carbonyl (C=O) groups excluding carboxylic acids is 3. The molecule has 0 bridgehead atoms. The minimum absolute atomic E-state index is 0.102. The molecule has 3 rings (SSSR count). The summed E-state index contributed by atoms with van der Waals surface area (Å²) in [5, 5.41) is 0. The second-order valence-electron chi connectivity index (χ2n) is 9.19. The molecule has 0 amide bonds. The van der Waals surface area contributed by atoms with Crippen LogP contribution in [-0.2, 0) is 28.6 Å². The van der Waals surface area contributed by atoms with Gasteiger partial charge < -0.3 is 14.2 Å². The molecule has 6 heteroatoms. The number of rotatable bonds is 4. The monoisotopic (exact) mass is 378 g/mol. The first-order valence-electron chi connectivity index (χ1n) is 9.68. The van der Waals surface area contributed by atoms with Gasteiger partial charge in [-0.05, 0) is 64.9 Å². The zero-order valence-electron chi connectivity index (χ0n) is 17.1. The van der Waals surface area contributed by atoms with Crippen molar-refractivity contribution in [3.63, 3.8) is 0 Å². The molecule has 0 N–H and O–H groups in total. The van der Waals surface area contributed by atoms with E-state index in [4.69, 9.17) is 14.2 Å². The van der Waals surface area contributed by atoms with Crippen molar-refractivity contribution in [3.8, 4) is 0 Å². The summed E-state index contributed by atoms with van der Waals surface area (Å²) >= 11 is 0. The molecule has 0 aromatic carbocycles. The van der Waals surface area contributed by atoms with E-state index in [1.807, 2.05) is 27.7 Å². The standard InChI is InChI=1S/C21H30O6/c1-12(2)14-9-16-19(4,10-15(14)23)8-7-17(21(16,6)25-11-22)26-18(24)20(5)13(3)27-20/h11,13,16-17H,7-10H2,1-6H3/t13-,16-,17-,19-,20+,21+/m1/s1. The van der Waals surface area contributed by atoms with Gasteiger partial charge in [-0.1, -0.05) is 12.5 Å². The number of hydrogen-bond acceptors (Lipinski definition) is 6. The molecule has 2 aliphatic carbocycles. The van der Waals surface area contributed by atoms with E-state index in [-0.39, 0.29) is 23.2 Å². The fourth-order valence-corrected chi connectivity index (χ4v) is 5.00. The average molecular weight is 378 g/mol. The van der Waals surface area contributed by atoms with Crippen molar-refractivity contribution in [3.05, 3.63) is 11.1 Å². The van der Waals surface area contributed by atoms with E-state index in [1.165, 1.54) is 0 Å². The van der Waals surface area contributed by atoms with Crippen molar-refractivity contribution in [1.82, 2.24) is 0 Å². The van der Waals surface area contributed by atoms with E-state index in [0.29, 0.717) is 25.7 Å². The van der Waals surface area contributed by atoms with Crippen LogP contribution in [0.1, 0.15) is 67.2 Å². The van der Waals surface area contributed by atoms with Crippen molar-refractivity contribution in [2.24, 2.45) is 11.3 Å². The van der Waals surface area contributed by atoms with Crippen molar-refractivity contribution < 1.29 is 28.6 Å². The van der Waals surface area contributed by atoms with Gasteiger partial charge in [0.05, 0.1) is 6.10 Å². The molecule has 1 aliphatic heterocycles. The number of ether oxygens (including phenoxy) is 3. The summed E-state index contributed by atoms with van der Waals surface area (Å²) in [6.07, 6.45) is 1.50. The Kier molecular flexibility index (Phi) is 4.78. The number of esters is 1. The average Bonchev–Trinajstić information content (AvgIpc) is 3.18. The van der Waals surface area contributed by atoms with Crippen molar-refractivity contribution in [2.75, 3.05) is 0 Å². The minimum atomic E-state index is -0.986. The Hall–Kier alpha value is -1.69. The van der Waals surface area contributed by atoms with E-state index >= 15 is 0 Å². The summed E-state index contributed by atoms with van der Waals surface area (Å²) in [6.45, 7) is 11.7. The van der Waals surface area contributed by atoms with E-state index in [2.05, 4.69) is 6.92 Å². The molecule has 6 atom stereocenters. The van der Waals surface area contributed by atoms with Crippen LogP contribution in [-0.4, -0.2) is 41.6 Å². The van der Waals surface area contributed by atoms with Crippen LogP contribution in [0.4, 0.5) is 0 Å². The minimum Gasteiger partial charge on any atom is -0.457 e. The lowest BCUT2D eigenvalue weighted by Crippen LogP contribution is -2.61. The summed E-state index contributed by atoms with van der Waals surface area (Å²) < 4.78 is 16.8. The first-order chi connectivity index (χ1) is 12.5. The lowest BCUT2D eigenvalue weighted by atomic mass is 9.53. The van der Waals surface area contributed by atoms with Gasteiger partial charge in [0.1, 0.15) is 11.7 Å². The zero-order chi connectivity index (χ0) is 20.2. The van der Waals surface area contributed by atoms with Gasteiger partial charge >= 0.3 is 5.97 Å². The molecule has 0 unspecified atom stereocenters. The van der Waals surface area contributed by atoms with E-state index in [0.717, 1.165) is 17.6 Å². The Labute approximate surface area is 160 Å². The first-order valence-corrected chi connectivity index (χ1v) is 9.68. The van der Waals surface area contributed by atoms with Crippen LogP contribution in [0, 0.1) is 11.3 Å². The number of Topliss-reactive ketones (excluding diaryl/α,β-unsaturated/α-hetero) is 1. The van der Waals surface area contributed by atoms with Gasteiger partial charge in [0, 0.05) is 12.3 Å². The van der Waals surface area contributed by atoms with Gasteiger partial charge in [0.25, 0.3) is 6.47 Å². The van der Waals surface area contributed by atoms with Gasteiger partial charge in [0.2, 0.25) is 0 Å². The van der Waals surface area contributed by atoms with Crippen LogP contribution in [0.2, 0.25) is 0 Å². The Bertz CT molecular complexity index is 707. The molecule has 3 aliphatic rings. The lowest BCUT2D eigenvalue weighted by molar-refractivity contribution is -0.213. The molecule has 0 spiro atoms. The number of hydrogen-bond donors (Lipinski definition) is 0. The maximum absolute atomic E-state index is 12.6. The predicted molar refractivity (Wildman–Crippen MR) is 97.8 cm³/mol. The molecule has 3 fully saturated rings. The van der Waals surface area contributed by atoms with Crippen LogP contribution in [0.15, 0.2) is 11.1 Å². The Morgan fingerprint density at radius 3 is 2.41 bits per heavy atom. The third-order valence-electron chi connectivity index (χ3n) is 7.16. The largest absolute Gasteiger partial charge is 0.457 e. The van der Waals surface area contributed by atoms with Gasteiger partial charge in [-0.25, -0.2) is 4.79 Å². The molecule has 1 saturated heterocycles. The van der Waals surface area contributed by atoms with Crippen LogP contribution >= 0.6 is 0 Å².